The molecule has 2 heterocycles. The Labute approximate surface area is 113 Å². The molecule has 0 spiro atoms. The maximum atomic E-state index is 11.9. The quantitative estimate of drug-likeness (QED) is 0.843. The predicted octanol–water partition coefficient (Wildman–Crippen LogP) is 2.44. The van der Waals surface area contributed by atoms with E-state index in [2.05, 4.69) is 15.6 Å². The summed E-state index contributed by atoms with van der Waals surface area (Å²) in [6.07, 6.45) is 5.73. The standard InChI is InChI=1S/C15H19N3O/c19-15(17-9-3-4-10-17)8-5-11-18-12-16-13-6-1-2-7-14(13)18/h1-2,6-7,12H,3-5,8-11H2. The average molecular weight is 257 g/mol. The van der Waals surface area contributed by atoms with Gasteiger partial charge in [-0.05, 0) is 31.4 Å². The number of hydrogen-bond acceptors (Lipinski definition) is 2. The number of aromatic nitrogens is 2. The Kier molecular flexibility index (Phi) is 3.49. The van der Waals surface area contributed by atoms with Gasteiger partial charge in [0.1, 0.15) is 0 Å². The van der Waals surface area contributed by atoms with Crippen LogP contribution in [0.2, 0.25) is 0 Å². The number of aryl methyl sites for hydroxylation is 1. The van der Waals surface area contributed by atoms with E-state index in [0.717, 1.165) is 49.9 Å². The average Bonchev–Trinajstić information content (AvgIpc) is 3.08. The van der Waals surface area contributed by atoms with Gasteiger partial charge in [0, 0.05) is 26.1 Å². The van der Waals surface area contributed by atoms with Gasteiger partial charge in [-0.15, -0.1) is 0 Å². The molecule has 1 aliphatic heterocycles. The highest BCUT2D eigenvalue weighted by atomic mass is 16.2. The number of benzene rings is 1. The first-order valence-corrected chi connectivity index (χ1v) is 7.02. The smallest absolute Gasteiger partial charge is 0.222 e. The summed E-state index contributed by atoms with van der Waals surface area (Å²) in [7, 11) is 0. The highest BCUT2D eigenvalue weighted by Gasteiger charge is 2.17. The number of nitrogens with zero attached hydrogens (tertiary/aromatic N) is 3. The van der Waals surface area contributed by atoms with Gasteiger partial charge < -0.3 is 9.47 Å². The Bertz CT molecular complexity index is 570. The summed E-state index contributed by atoms with van der Waals surface area (Å²) in [4.78, 5) is 18.3. The summed E-state index contributed by atoms with van der Waals surface area (Å²) in [5.74, 6) is 0.307. The lowest BCUT2D eigenvalue weighted by Crippen LogP contribution is -2.27. The first-order valence-electron chi connectivity index (χ1n) is 7.02. The summed E-state index contributed by atoms with van der Waals surface area (Å²) in [6.45, 7) is 2.76. The van der Waals surface area contributed by atoms with Crippen molar-refractivity contribution in [1.29, 1.82) is 0 Å². The van der Waals surface area contributed by atoms with Gasteiger partial charge in [-0.3, -0.25) is 4.79 Å². The second kappa shape index (κ2) is 5.43. The van der Waals surface area contributed by atoms with Gasteiger partial charge in [0.25, 0.3) is 0 Å². The number of hydrogen-bond donors (Lipinski definition) is 0. The van der Waals surface area contributed by atoms with E-state index in [1.807, 2.05) is 29.4 Å². The summed E-state index contributed by atoms with van der Waals surface area (Å²) >= 11 is 0. The fourth-order valence-electron chi connectivity index (χ4n) is 2.71. The number of imidazole rings is 1. The molecule has 0 N–H and O–H groups in total. The maximum Gasteiger partial charge on any atom is 0.222 e. The van der Waals surface area contributed by atoms with Gasteiger partial charge in [-0.1, -0.05) is 12.1 Å². The van der Waals surface area contributed by atoms with Crippen LogP contribution in [0.1, 0.15) is 25.7 Å². The normalized spacial score (nSPS) is 15.3. The number of amides is 1. The minimum absolute atomic E-state index is 0.307. The number of para-hydroxylation sites is 2. The molecular weight excluding hydrogens is 238 g/mol. The number of fused-ring (bicyclic) bond motifs is 1. The molecule has 4 nitrogen and oxygen atoms in total. The largest absolute Gasteiger partial charge is 0.343 e. The van der Waals surface area contributed by atoms with Gasteiger partial charge in [-0.25, -0.2) is 4.98 Å². The third-order valence-electron chi connectivity index (χ3n) is 3.78. The van der Waals surface area contributed by atoms with Gasteiger partial charge in [0.2, 0.25) is 5.91 Å². The van der Waals surface area contributed by atoms with Crippen molar-refractivity contribution in [2.45, 2.75) is 32.2 Å². The second-order valence-electron chi connectivity index (χ2n) is 5.12. The Balaban J connectivity index is 1.56. The van der Waals surface area contributed by atoms with Crippen LogP contribution in [-0.2, 0) is 11.3 Å². The van der Waals surface area contributed by atoms with Crippen molar-refractivity contribution in [1.82, 2.24) is 14.5 Å². The topological polar surface area (TPSA) is 38.1 Å². The zero-order chi connectivity index (χ0) is 13.1. The summed E-state index contributed by atoms with van der Waals surface area (Å²) in [5, 5.41) is 0. The van der Waals surface area contributed by atoms with E-state index in [1.165, 1.54) is 0 Å². The second-order valence-corrected chi connectivity index (χ2v) is 5.12. The van der Waals surface area contributed by atoms with Gasteiger partial charge in [0.15, 0.2) is 0 Å². The molecule has 2 aromatic rings. The Morgan fingerprint density at radius 2 is 2.00 bits per heavy atom. The van der Waals surface area contributed by atoms with E-state index in [0.29, 0.717) is 12.3 Å². The monoisotopic (exact) mass is 257 g/mol. The molecule has 0 aliphatic carbocycles. The minimum Gasteiger partial charge on any atom is -0.343 e. The molecule has 1 aromatic carbocycles. The molecule has 1 aromatic heterocycles. The van der Waals surface area contributed by atoms with Crippen molar-refractivity contribution in [3.8, 4) is 0 Å². The van der Waals surface area contributed by atoms with Crippen molar-refractivity contribution < 1.29 is 4.79 Å². The SMILES string of the molecule is O=C(CCCn1cnc2ccccc21)N1CCCC1. The summed E-state index contributed by atoms with van der Waals surface area (Å²) in [6, 6.07) is 8.11. The highest BCUT2D eigenvalue weighted by Crippen LogP contribution is 2.14. The lowest BCUT2D eigenvalue weighted by Gasteiger charge is -2.15. The molecule has 3 rings (SSSR count). The maximum absolute atomic E-state index is 11.9. The highest BCUT2D eigenvalue weighted by molar-refractivity contribution is 5.76. The van der Waals surface area contributed by atoms with Gasteiger partial charge >= 0.3 is 0 Å². The molecule has 1 amide bonds. The van der Waals surface area contributed by atoms with Crippen LogP contribution in [0, 0.1) is 0 Å². The van der Waals surface area contributed by atoms with Crippen LogP contribution < -0.4 is 0 Å². The Hall–Kier alpha value is -1.84. The van der Waals surface area contributed by atoms with Crippen LogP contribution in [0.4, 0.5) is 0 Å². The molecule has 0 unspecified atom stereocenters. The van der Waals surface area contributed by atoms with Crippen LogP contribution in [-0.4, -0.2) is 33.4 Å². The minimum atomic E-state index is 0.307. The van der Waals surface area contributed by atoms with Crippen molar-refractivity contribution in [3.05, 3.63) is 30.6 Å². The van der Waals surface area contributed by atoms with E-state index in [1.54, 1.807) is 0 Å². The zero-order valence-electron chi connectivity index (χ0n) is 11.1. The number of rotatable bonds is 4. The third kappa shape index (κ3) is 2.62. The van der Waals surface area contributed by atoms with Crippen LogP contribution >= 0.6 is 0 Å². The third-order valence-corrected chi connectivity index (χ3v) is 3.78. The zero-order valence-corrected chi connectivity index (χ0v) is 11.1. The molecule has 0 atom stereocenters. The van der Waals surface area contributed by atoms with E-state index >= 15 is 0 Å². The molecule has 0 saturated carbocycles. The first kappa shape index (κ1) is 12.2. The van der Waals surface area contributed by atoms with Crippen molar-refractivity contribution in [2.24, 2.45) is 0 Å². The summed E-state index contributed by atoms with van der Waals surface area (Å²) in [5.41, 5.74) is 2.17. The van der Waals surface area contributed by atoms with Crippen LogP contribution in [0.3, 0.4) is 0 Å². The predicted molar refractivity (Wildman–Crippen MR) is 74.8 cm³/mol. The Morgan fingerprint density at radius 1 is 1.21 bits per heavy atom. The fraction of sp³-hybridized carbons (Fsp3) is 0.467. The van der Waals surface area contributed by atoms with Crippen LogP contribution in [0.5, 0.6) is 0 Å². The number of carbonyl (C=O) groups excluding carboxylic acids is 1. The van der Waals surface area contributed by atoms with Crippen molar-refractivity contribution in [3.63, 3.8) is 0 Å². The van der Waals surface area contributed by atoms with Gasteiger partial charge in [-0.2, -0.15) is 0 Å². The molecule has 0 bridgehead atoms. The Morgan fingerprint density at radius 3 is 2.84 bits per heavy atom. The lowest BCUT2D eigenvalue weighted by atomic mass is 10.2. The molecule has 1 aliphatic rings. The van der Waals surface area contributed by atoms with Crippen molar-refractivity contribution in [2.75, 3.05) is 13.1 Å². The van der Waals surface area contributed by atoms with Gasteiger partial charge in [0.05, 0.1) is 17.4 Å². The van der Waals surface area contributed by atoms with E-state index in [-0.39, 0.29) is 0 Å². The number of likely N-dealkylation sites (tertiary alicyclic amines) is 1. The first-order chi connectivity index (χ1) is 9.34. The lowest BCUT2D eigenvalue weighted by molar-refractivity contribution is -0.130. The van der Waals surface area contributed by atoms with Crippen molar-refractivity contribution >= 4 is 16.9 Å². The molecule has 0 radical (unpaired) electrons. The molecule has 1 fully saturated rings. The molecular formula is C15H19N3O. The molecule has 100 valence electrons. The van der Waals surface area contributed by atoms with E-state index in [4.69, 9.17) is 0 Å². The van der Waals surface area contributed by atoms with Crippen LogP contribution in [0.15, 0.2) is 30.6 Å². The van der Waals surface area contributed by atoms with Crippen LogP contribution in [0.25, 0.3) is 11.0 Å². The number of carbonyl (C=O) groups is 1. The summed E-state index contributed by atoms with van der Waals surface area (Å²) < 4.78 is 2.13. The molecule has 1 saturated heterocycles. The van der Waals surface area contributed by atoms with E-state index < -0.39 is 0 Å². The molecule has 19 heavy (non-hydrogen) atoms. The van der Waals surface area contributed by atoms with E-state index in [9.17, 15) is 4.79 Å². The molecule has 4 heteroatoms. The fourth-order valence-corrected chi connectivity index (χ4v) is 2.71.